The molecular weight excluding hydrogens is 306 g/mol. The molecule has 0 unspecified atom stereocenters. The molecule has 0 saturated heterocycles. The zero-order valence-corrected chi connectivity index (χ0v) is 13.4. The van der Waals surface area contributed by atoms with Crippen molar-refractivity contribution in [1.29, 1.82) is 0 Å². The van der Waals surface area contributed by atoms with Gasteiger partial charge in [-0.1, -0.05) is 18.2 Å². The van der Waals surface area contributed by atoms with Gasteiger partial charge in [-0.25, -0.2) is 13.4 Å². The van der Waals surface area contributed by atoms with Gasteiger partial charge in [0.25, 0.3) is 10.0 Å². The number of aromatic nitrogens is 2. The third kappa shape index (κ3) is 2.48. The molecule has 0 aliphatic heterocycles. The second-order valence-corrected chi connectivity index (χ2v) is 7.99. The zero-order valence-electron chi connectivity index (χ0n) is 11.7. The van der Waals surface area contributed by atoms with E-state index in [0.29, 0.717) is 4.21 Å². The van der Waals surface area contributed by atoms with Gasteiger partial charge in [-0.2, -0.15) is 4.31 Å². The number of rotatable bonds is 4. The van der Waals surface area contributed by atoms with E-state index in [0.717, 1.165) is 16.9 Å². The van der Waals surface area contributed by atoms with Gasteiger partial charge in [0.15, 0.2) is 0 Å². The topological polar surface area (TPSA) is 55.2 Å². The van der Waals surface area contributed by atoms with Gasteiger partial charge in [-0.3, -0.25) is 0 Å². The third-order valence-electron chi connectivity index (χ3n) is 3.40. The van der Waals surface area contributed by atoms with E-state index in [4.69, 9.17) is 0 Å². The number of imidazole rings is 1. The first-order chi connectivity index (χ1) is 10.00. The van der Waals surface area contributed by atoms with Gasteiger partial charge in [0.2, 0.25) is 0 Å². The van der Waals surface area contributed by atoms with Crippen molar-refractivity contribution < 1.29 is 8.42 Å². The SMILES string of the molecule is CN(Cc1nc2ccccc2n1C)S(=O)(=O)c1cccs1. The zero-order chi connectivity index (χ0) is 15.0. The van der Waals surface area contributed by atoms with E-state index < -0.39 is 10.0 Å². The summed E-state index contributed by atoms with van der Waals surface area (Å²) in [5.74, 6) is 0.721. The molecule has 21 heavy (non-hydrogen) atoms. The highest BCUT2D eigenvalue weighted by atomic mass is 32.2. The summed E-state index contributed by atoms with van der Waals surface area (Å²) >= 11 is 1.22. The highest BCUT2D eigenvalue weighted by Crippen LogP contribution is 2.22. The summed E-state index contributed by atoms with van der Waals surface area (Å²) in [5.41, 5.74) is 1.87. The summed E-state index contributed by atoms with van der Waals surface area (Å²) in [7, 11) is 0.0273. The maximum atomic E-state index is 12.4. The number of para-hydroxylation sites is 2. The van der Waals surface area contributed by atoms with Crippen molar-refractivity contribution >= 4 is 32.4 Å². The minimum atomic E-state index is -3.45. The molecule has 7 heteroatoms. The second kappa shape index (κ2) is 5.25. The Morgan fingerprint density at radius 1 is 1.24 bits per heavy atom. The predicted molar refractivity (Wildman–Crippen MR) is 83.7 cm³/mol. The van der Waals surface area contributed by atoms with Crippen molar-refractivity contribution in [3.63, 3.8) is 0 Å². The fourth-order valence-electron chi connectivity index (χ4n) is 2.18. The van der Waals surface area contributed by atoms with Crippen LogP contribution in [0.1, 0.15) is 5.82 Å². The molecule has 0 radical (unpaired) electrons. The molecule has 3 aromatic rings. The summed E-state index contributed by atoms with van der Waals surface area (Å²) in [5, 5.41) is 1.76. The van der Waals surface area contributed by atoms with E-state index in [9.17, 15) is 8.42 Å². The van der Waals surface area contributed by atoms with Crippen LogP contribution in [0.5, 0.6) is 0 Å². The highest BCUT2D eigenvalue weighted by Gasteiger charge is 2.23. The molecule has 110 valence electrons. The van der Waals surface area contributed by atoms with Crippen molar-refractivity contribution in [3.8, 4) is 0 Å². The van der Waals surface area contributed by atoms with E-state index in [2.05, 4.69) is 4.98 Å². The Labute approximate surface area is 127 Å². The van der Waals surface area contributed by atoms with Crippen molar-refractivity contribution in [1.82, 2.24) is 13.9 Å². The van der Waals surface area contributed by atoms with Crippen LogP contribution < -0.4 is 0 Å². The fraction of sp³-hybridized carbons (Fsp3) is 0.214. The number of sulfonamides is 1. The van der Waals surface area contributed by atoms with Crippen molar-refractivity contribution in [3.05, 3.63) is 47.6 Å². The van der Waals surface area contributed by atoms with Crippen LogP contribution in [0.25, 0.3) is 11.0 Å². The molecule has 2 heterocycles. The number of thiophene rings is 1. The van der Waals surface area contributed by atoms with E-state index in [1.807, 2.05) is 35.9 Å². The van der Waals surface area contributed by atoms with Crippen LogP contribution in [0.3, 0.4) is 0 Å². The predicted octanol–water partition coefficient (Wildman–Crippen LogP) is 2.46. The lowest BCUT2D eigenvalue weighted by Crippen LogP contribution is -2.27. The number of hydrogen-bond donors (Lipinski definition) is 0. The van der Waals surface area contributed by atoms with Crippen molar-refractivity contribution in [2.24, 2.45) is 7.05 Å². The molecule has 0 bridgehead atoms. The van der Waals surface area contributed by atoms with Gasteiger partial charge in [0, 0.05) is 14.1 Å². The number of nitrogens with zero attached hydrogens (tertiary/aromatic N) is 3. The summed E-state index contributed by atoms with van der Waals surface area (Å²) < 4.78 is 28.5. The Morgan fingerprint density at radius 2 is 2.00 bits per heavy atom. The van der Waals surface area contributed by atoms with Crippen LogP contribution in [-0.4, -0.2) is 29.3 Å². The average molecular weight is 321 g/mol. The summed E-state index contributed by atoms with van der Waals surface area (Å²) in [6.07, 6.45) is 0. The Kier molecular flexibility index (Phi) is 3.56. The summed E-state index contributed by atoms with van der Waals surface area (Å²) in [4.78, 5) is 4.51. The van der Waals surface area contributed by atoms with Crippen LogP contribution in [0.4, 0.5) is 0 Å². The number of fused-ring (bicyclic) bond motifs is 1. The molecular formula is C14H15N3O2S2. The van der Waals surface area contributed by atoms with E-state index in [-0.39, 0.29) is 6.54 Å². The lowest BCUT2D eigenvalue weighted by atomic mass is 10.3. The van der Waals surface area contributed by atoms with Gasteiger partial charge in [-0.15, -0.1) is 11.3 Å². The van der Waals surface area contributed by atoms with E-state index >= 15 is 0 Å². The largest absolute Gasteiger partial charge is 0.330 e. The van der Waals surface area contributed by atoms with Gasteiger partial charge in [-0.05, 0) is 23.6 Å². The van der Waals surface area contributed by atoms with Gasteiger partial charge in [0.1, 0.15) is 10.0 Å². The van der Waals surface area contributed by atoms with E-state index in [1.54, 1.807) is 24.6 Å². The first-order valence-electron chi connectivity index (χ1n) is 6.40. The molecule has 1 aromatic carbocycles. The van der Waals surface area contributed by atoms with Crippen LogP contribution >= 0.6 is 11.3 Å². The Hall–Kier alpha value is -1.70. The molecule has 0 aliphatic carbocycles. The lowest BCUT2D eigenvalue weighted by molar-refractivity contribution is 0.454. The Morgan fingerprint density at radius 3 is 2.67 bits per heavy atom. The molecule has 0 atom stereocenters. The molecule has 3 rings (SSSR count). The third-order valence-corrected chi connectivity index (χ3v) is 6.58. The molecule has 5 nitrogen and oxygen atoms in total. The fourth-order valence-corrected chi connectivity index (χ4v) is 4.51. The molecule has 0 spiro atoms. The molecule has 0 aliphatic rings. The van der Waals surface area contributed by atoms with Crippen LogP contribution in [0.2, 0.25) is 0 Å². The molecule has 0 fully saturated rings. The molecule has 0 saturated carbocycles. The van der Waals surface area contributed by atoms with Crippen molar-refractivity contribution in [2.75, 3.05) is 7.05 Å². The van der Waals surface area contributed by atoms with Crippen molar-refractivity contribution in [2.45, 2.75) is 10.8 Å². The summed E-state index contributed by atoms with van der Waals surface area (Å²) in [6.45, 7) is 0.241. The molecule has 2 aromatic heterocycles. The quantitative estimate of drug-likeness (QED) is 0.742. The van der Waals surface area contributed by atoms with E-state index in [1.165, 1.54) is 15.6 Å². The minimum absolute atomic E-state index is 0.241. The maximum absolute atomic E-state index is 12.4. The molecule has 0 N–H and O–H groups in total. The van der Waals surface area contributed by atoms with Crippen LogP contribution in [0, 0.1) is 0 Å². The maximum Gasteiger partial charge on any atom is 0.252 e. The first kappa shape index (κ1) is 14.2. The Bertz CT molecular complexity index is 867. The van der Waals surface area contributed by atoms with Gasteiger partial charge < -0.3 is 4.57 Å². The van der Waals surface area contributed by atoms with Gasteiger partial charge in [0.05, 0.1) is 17.6 Å². The lowest BCUT2D eigenvalue weighted by Gasteiger charge is -2.15. The second-order valence-electron chi connectivity index (χ2n) is 4.77. The van der Waals surface area contributed by atoms with Crippen LogP contribution in [0.15, 0.2) is 46.0 Å². The smallest absolute Gasteiger partial charge is 0.252 e. The average Bonchev–Trinajstić information content (AvgIpc) is 3.09. The first-order valence-corrected chi connectivity index (χ1v) is 8.72. The molecule has 0 amide bonds. The normalized spacial score (nSPS) is 12.3. The van der Waals surface area contributed by atoms with Gasteiger partial charge >= 0.3 is 0 Å². The number of benzene rings is 1. The Balaban J connectivity index is 1.93. The monoisotopic (exact) mass is 321 g/mol. The highest BCUT2D eigenvalue weighted by molar-refractivity contribution is 7.91. The number of hydrogen-bond acceptors (Lipinski definition) is 4. The summed E-state index contributed by atoms with van der Waals surface area (Å²) in [6, 6.07) is 11.1. The minimum Gasteiger partial charge on any atom is -0.330 e. The van der Waals surface area contributed by atoms with Crippen LogP contribution in [-0.2, 0) is 23.6 Å². The standard InChI is InChI=1S/C14H15N3O2S2/c1-16(21(18,19)14-8-5-9-20-14)10-13-15-11-6-3-4-7-12(11)17(13)2/h3-9H,10H2,1-2H3. The number of aryl methyl sites for hydroxylation is 1.